The molecule has 1 heterocycles. The summed E-state index contributed by atoms with van der Waals surface area (Å²) in [5, 5.41) is 0. The maximum Gasteiger partial charge on any atom is 0.222 e. The van der Waals surface area contributed by atoms with Gasteiger partial charge in [-0.25, -0.2) is 0 Å². The normalized spacial score (nSPS) is 27.6. The summed E-state index contributed by atoms with van der Waals surface area (Å²) >= 11 is 0. The third-order valence-electron chi connectivity index (χ3n) is 4.33. The number of hydrogen-bond donors (Lipinski definition) is 1. The number of carbonyl (C=O) groups excluding carboxylic acids is 1. The molecule has 0 unspecified atom stereocenters. The van der Waals surface area contributed by atoms with Gasteiger partial charge in [0.1, 0.15) is 0 Å². The van der Waals surface area contributed by atoms with Crippen molar-refractivity contribution in [2.75, 3.05) is 32.7 Å². The van der Waals surface area contributed by atoms with Crippen LogP contribution in [-0.2, 0) is 4.79 Å². The molecule has 2 atom stereocenters. The highest BCUT2D eigenvalue weighted by atomic mass is 35.5. The van der Waals surface area contributed by atoms with Crippen molar-refractivity contribution in [3.8, 4) is 0 Å². The fraction of sp³-hybridized carbons (Fsp3) is 0.923. The van der Waals surface area contributed by atoms with Gasteiger partial charge in [-0.05, 0) is 25.3 Å². The maximum atomic E-state index is 12.1. The summed E-state index contributed by atoms with van der Waals surface area (Å²) in [4.78, 5) is 16.6. The molecule has 1 amide bonds. The lowest BCUT2D eigenvalue weighted by atomic mass is 9.99. The lowest BCUT2D eigenvalue weighted by molar-refractivity contribution is -0.134. The van der Waals surface area contributed by atoms with E-state index in [0.29, 0.717) is 18.2 Å². The van der Waals surface area contributed by atoms with Gasteiger partial charge >= 0.3 is 0 Å². The summed E-state index contributed by atoms with van der Waals surface area (Å²) in [5.74, 6) is 0.759. The number of likely N-dealkylation sites (N-methyl/N-ethyl adjacent to an activating group) is 1. The van der Waals surface area contributed by atoms with Gasteiger partial charge < -0.3 is 15.5 Å². The van der Waals surface area contributed by atoms with Gasteiger partial charge in [0.15, 0.2) is 0 Å². The highest BCUT2D eigenvalue weighted by Gasteiger charge is 2.28. The second kappa shape index (κ2) is 9.01. The minimum absolute atomic E-state index is 0. The van der Waals surface area contributed by atoms with E-state index in [1.807, 2.05) is 4.90 Å². The van der Waals surface area contributed by atoms with Crippen LogP contribution in [0.3, 0.4) is 0 Å². The first kappa shape index (κ1) is 19.0. The molecule has 6 heteroatoms. The van der Waals surface area contributed by atoms with Crippen LogP contribution in [-0.4, -0.2) is 54.5 Å². The van der Waals surface area contributed by atoms with Crippen molar-refractivity contribution < 1.29 is 4.79 Å². The summed E-state index contributed by atoms with van der Waals surface area (Å²) in [6, 6.07) is 0.260. The van der Waals surface area contributed by atoms with E-state index in [4.69, 9.17) is 5.73 Å². The van der Waals surface area contributed by atoms with Crippen molar-refractivity contribution in [2.45, 2.75) is 38.6 Å². The van der Waals surface area contributed by atoms with Crippen molar-refractivity contribution >= 4 is 30.7 Å². The molecule has 0 aromatic carbocycles. The molecule has 0 radical (unpaired) electrons. The van der Waals surface area contributed by atoms with Crippen LogP contribution in [0.5, 0.6) is 0 Å². The van der Waals surface area contributed by atoms with E-state index in [-0.39, 0.29) is 30.9 Å². The Kier molecular flexibility index (Phi) is 8.99. The topological polar surface area (TPSA) is 49.6 Å². The fourth-order valence-electron chi connectivity index (χ4n) is 2.99. The van der Waals surface area contributed by atoms with Crippen LogP contribution in [0.25, 0.3) is 0 Å². The molecule has 2 rings (SSSR count). The van der Waals surface area contributed by atoms with Crippen LogP contribution in [0.15, 0.2) is 0 Å². The number of nitrogens with two attached hydrogens (primary N) is 1. The van der Waals surface area contributed by atoms with Gasteiger partial charge in [0.25, 0.3) is 0 Å². The molecule has 1 aliphatic heterocycles. The van der Waals surface area contributed by atoms with E-state index >= 15 is 0 Å². The Hall–Kier alpha value is -0.0300. The van der Waals surface area contributed by atoms with E-state index in [0.717, 1.165) is 45.6 Å². The van der Waals surface area contributed by atoms with Gasteiger partial charge in [-0.1, -0.05) is 13.3 Å². The highest BCUT2D eigenvalue weighted by molar-refractivity contribution is 5.85. The zero-order chi connectivity index (χ0) is 12.3. The van der Waals surface area contributed by atoms with Crippen molar-refractivity contribution in [2.24, 2.45) is 11.7 Å². The van der Waals surface area contributed by atoms with Crippen LogP contribution >= 0.6 is 24.8 Å². The van der Waals surface area contributed by atoms with Crippen molar-refractivity contribution in [3.05, 3.63) is 0 Å². The van der Waals surface area contributed by atoms with Gasteiger partial charge in [0.05, 0.1) is 0 Å². The molecule has 4 nitrogen and oxygen atoms in total. The number of rotatable bonds is 3. The Morgan fingerprint density at radius 1 is 1.16 bits per heavy atom. The molecule has 1 saturated carbocycles. The number of nitrogens with zero attached hydrogens (tertiary/aromatic N) is 2. The van der Waals surface area contributed by atoms with Crippen LogP contribution in [0.1, 0.15) is 32.6 Å². The summed E-state index contributed by atoms with van der Waals surface area (Å²) in [7, 11) is 0. The van der Waals surface area contributed by atoms with Gasteiger partial charge in [-0.2, -0.15) is 0 Å². The van der Waals surface area contributed by atoms with Crippen LogP contribution in [0.2, 0.25) is 0 Å². The molecule has 114 valence electrons. The van der Waals surface area contributed by atoms with E-state index in [2.05, 4.69) is 11.8 Å². The second-order valence-corrected chi connectivity index (χ2v) is 5.37. The number of piperazine rings is 1. The standard InChI is InChI=1S/C13H25N3O.2ClH/c1-2-15-6-8-16(9-7-15)13(17)10-11-4-3-5-12(11)14;;/h11-12H,2-10,14H2,1H3;2*1H/t11-,12+;;/m0../s1. The Balaban J connectivity index is 0.00000162. The third-order valence-corrected chi connectivity index (χ3v) is 4.33. The summed E-state index contributed by atoms with van der Waals surface area (Å²) in [6.07, 6.45) is 4.11. The maximum absolute atomic E-state index is 12.1. The van der Waals surface area contributed by atoms with E-state index in [1.54, 1.807) is 0 Å². The molecular weight excluding hydrogens is 285 g/mol. The molecule has 0 aromatic heterocycles. The summed E-state index contributed by atoms with van der Waals surface area (Å²) < 4.78 is 0. The van der Waals surface area contributed by atoms with E-state index in [9.17, 15) is 4.79 Å². The number of amides is 1. The van der Waals surface area contributed by atoms with Crippen LogP contribution < -0.4 is 5.73 Å². The molecule has 2 N–H and O–H groups in total. The molecule has 1 aliphatic carbocycles. The molecule has 0 bridgehead atoms. The largest absolute Gasteiger partial charge is 0.340 e. The Morgan fingerprint density at radius 2 is 1.79 bits per heavy atom. The monoisotopic (exact) mass is 311 g/mol. The molecule has 2 fully saturated rings. The van der Waals surface area contributed by atoms with Gasteiger partial charge in [0, 0.05) is 38.6 Å². The highest BCUT2D eigenvalue weighted by Crippen LogP contribution is 2.27. The van der Waals surface area contributed by atoms with Gasteiger partial charge in [-0.3, -0.25) is 4.79 Å². The number of halogens is 2. The fourth-order valence-corrected chi connectivity index (χ4v) is 2.99. The lowest BCUT2D eigenvalue weighted by Gasteiger charge is -2.34. The predicted molar refractivity (Wildman–Crippen MR) is 83.1 cm³/mol. The molecule has 0 aromatic rings. The van der Waals surface area contributed by atoms with Crippen molar-refractivity contribution in [1.82, 2.24) is 9.80 Å². The third kappa shape index (κ3) is 5.10. The second-order valence-electron chi connectivity index (χ2n) is 5.37. The summed E-state index contributed by atoms with van der Waals surface area (Å²) in [6.45, 7) is 7.12. The SMILES string of the molecule is CCN1CCN(C(=O)C[C@@H]2CCC[C@H]2N)CC1.Cl.Cl. The zero-order valence-corrected chi connectivity index (χ0v) is 13.3. The average molecular weight is 312 g/mol. The van der Waals surface area contributed by atoms with Crippen molar-refractivity contribution in [1.29, 1.82) is 0 Å². The molecular formula is C13H27Cl2N3O. The average Bonchev–Trinajstić information content (AvgIpc) is 2.75. The first-order valence-corrected chi connectivity index (χ1v) is 6.96. The Bertz CT molecular complexity index is 271. The molecule has 0 spiro atoms. The number of hydrogen-bond acceptors (Lipinski definition) is 3. The summed E-state index contributed by atoms with van der Waals surface area (Å²) in [5.41, 5.74) is 6.02. The predicted octanol–water partition coefficient (Wildman–Crippen LogP) is 1.51. The smallest absolute Gasteiger partial charge is 0.222 e. The molecule has 2 aliphatic rings. The number of carbonyl (C=O) groups is 1. The van der Waals surface area contributed by atoms with Crippen LogP contribution in [0, 0.1) is 5.92 Å². The van der Waals surface area contributed by atoms with E-state index in [1.165, 1.54) is 6.42 Å². The van der Waals surface area contributed by atoms with E-state index < -0.39 is 0 Å². The minimum atomic E-state index is 0. The first-order chi connectivity index (χ1) is 8.20. The Labute approximate surface area is 128 Å². The lowest BCUT2D eigenvalue weighted by Crippen LogP contribution is -2.49. The molecule has 19 heavy (non-hydrogen) atoms. The first-order valence-electron chi connectivity index (χ1n) is 6.96. The Morgan fingerprint density at radius 3 is 2.26 bits per heavy atom. The minimum Gasteiger partial charge on any atom is -0.340 e. The molecule has 1 saturated heterocycles. The quantitative estimate of drug-likeness (QED) is 0.859. The zero-order valence-electron chi connectivity index (χ0n) is 11.7. The van der Waals surface area contributed by atoms with Crippen LogP contribution in [0.4, 0.5) is 0 Å². The van der Waals surface area contributed by atoms with Gasteiger partial charge in [-0.15, -0.1) is 24.8 Å². The van der Waals surface area contributed by atoms with Gasteiger partial charge in [0.2, 0.25) is 5.91 Å². The van der Waals surface area contributed by atoms with Crippen molar-refractivity contribution in [3.63, 3.8) is 0 Å².